The number of nitrogens with two attached hydrogens (primary N) is 1. The molecule has 0 fully saturated rings. The number of ether oxygens (including phenoxy) is 2. The van der Waals surface area contributed by atoms with Gasteiger partial charge in [0.2, 0.25) is 10.0 Å². The first-order valence-corrected chi connectivity index (χ1v) is 10.9. The number of halogens is 1. The molecular weight excluding hydrogens is 527 g/mol. The van der Waals surface area contributed by atoms with Crippen LogP contribution in [0.25, 0.3) is 0 Å². The number of hydrogen-bond acceptors (Lipinski definition) is 6. The van der Waals surface area contributed by atoms with Gasteiger partial charge in [-0.1, -0.05) is 6.07 Å². The largest absolute Gasteiger partial charge is 0.493 e. The Bertz CT molecular complexity index is 945. The van der Waals surface area contributed by atoms with Crippen molar-refractivity contribution in [1.29, 1.82) is 0 Å². The summed E-state index contributed by atoms with van der Waals surface area (Å²) in [7, 11) is -0.377. The highest BCUT2D eigenvalue weighted by atomic mass is 127. The molecule has 0 aliphatic rings. The van der Waals surface area contributed by atoms with Crippen LogP contribution in [0.5, 0.6) is 11.5 Å². The van der Waals surface area contributed by atoms with Crippen LogP contribution >= 0.6 is 35.3 Å². The maximum Gasteiger partial charge on any atom is 0.241 e. The summed E-state index contributed by atoms with van der Waals surface area (Å²) in [5.74, 6) is 1.50. The van der Waals surface area contributed by atoms with Crippen LogP contribution in [0.4, 0.5) is 0 Å². The van der Waals surface area contributed by atoms with Gasteiger partial charge in [-0.3, -0.25) is 0 Å². The molecule has 162 valence electrons. The van der Waals surface area contributed by atoms with Crippen molar-refractivity contribution in [3.63, 3.8) is 0 Å². The van der Waals surface area contributed by atoms with E-state index >= 15 is 0 Å². The molecule has 2 rings (SSSR count). The maximum atomic E-state index is 12.3. The van der Waals surface area contributed by atoms with Gasteiger partial charge in [-0.05, 0) is 37.6 Å². The summed E-state index contributed by atoms with van der Waals surface area (Å²) in [5, 5.41) is 2.90. The Morgan fingerprint density at radius 3 is 2.41 bits per heavy atom. The zero-order valence-corrected chi connectivity index (χ0v) is 20.8. The molecule has 1 heterocycles. The molecule has 2 aromatic rings. The van der Waals surface area contributed by atoms with Crippen molar-refractivity contribution >= 4 is 51.3 Å². The molecule has 8 nitrogen and oxygen atoms in total. The lowest BCUT2D eigenvalue weighted by Crippen LogP contribution is -2.38. The summed E-state index contributed by atoms with van der Waals surface area (Å²) in [6.45, 7) is 4.56. The van der Waals surface area contributed by atoms with Crippen molar-refractivity contribution in [1.82, 2.24) is 10.0 Å². The second-order valence-corrected chi connectivity index (χ2v) is 9.19. The van der Waals surface area contributed by atoms with Crippen molar-refractivity contribution in [3.8, 4) is 11.5 Å². The average molecular weight is 554 g/mol. The highest BCUT2D eigenvalue weighted by molar-refractivity contribution is 14.0. The van der Waals surface area contributed by atoms with E-state index in [1.807, 2.05) is 19.1 Å². The van der Waals surface area contributed by atoms with Gasteiger partial charge in [0.05, 0.1) is 25.7 Å². The third-order valence-electron chi connectivity index (χ3n) is 3.89. The quantitative estimate of drug-likeness (QED) is 0.190. The molecule has 11 heteroatoms. The summed E-state index contributed by atoms with van der Waals surface area (Å²) in [6, 6.07) is 7.18. The Morgan fingerprint density at radius 1 is 1.14 bits per heavy atom. The fraction of sp³-hybridized carbons (Fsp3) is 0.389. The zero-order valence-electron chi connectivity index (χ0n) is 16.8. The van der Waals surface area contributed by atoms with Gasteiger partial charge in [0.15, 0.2) is 17.5 Å². The number of aryl methyl sites for hydroxylation is 2. The van der Waals surface area contributed by atoms with E-state index in [-0.39, 0.29) is 36.5 Å². The maximum absolute atomic E-state index is 12.3. The highest BCUT2D eigenvalue weighted by Crippen LogP contribution is 2.27. The van der Waals surface area contributed by atoms with Gasteiger partial charge in [0.25, 0.3) is 0 Å². The van der Waals surface area contributed by atoms with E-state index in [1.54, 1.807) is 33.3 Å². The Labute approximate surface area is 193 Å². The summed E-state index contributed by atoms with van der Waals surface area (Å²) >= 11 is 1.46. The lowest BCUT2D eigenvalue weighted by molar-refractivity contribution is 0.354. The minimum Gasteiger partial charge on any atom is -0.493 e. The van der Waals surface area contributed by atoms with Gasteiger partial charge >= 0.3 is 0 Å². The predicted molar refractivity (Wildman–Crippen MR) is 127 cm³/mol. The van der Waals surface area contributed by atoms with Crippen molar-refractivity contribution in [2.45, 2.75) is 25.3 Å². The summed E-state index contributed by atoms with van der Waals surface area (Å²) < 4.78 is 37.7. The number of rotatable bonds is 9. The van der Waals surface area contributed by atoms with Gasteiger partial charge in [-0.25, -0.2) is 18.1 Å². The summed E-state index contributed by atoms with van der Waals surface area (Å²) in [5.41, 5.74) is 6.75. The Hall–Kier alpha value is -1.57. The second-order valence-electron chi connectivity index (χ2n) is 5.99. The fourth-order valence-corrected chi connectivity index (χ4v) is 5.12. The molecule has 0 aliphatic heterocycles. The Morgan fingerprint density at radius 2 is 1.83 bits per heavy atom. The molecule has 0 atom stereocenters. The molecule has 0 unspecified atom stereocenters. The smallest absolute Gasteiger partial charge is 0.241 e. The van der Waals surface area contributed by atoms with Crippen LogP contribution in [0.2, 0.25) is 0 Å². The minimum absolute atomic E-state index is 0. The van der Waals surface area contributed by atoms with E-state index in [2.05, 4.69) is 15.0 Å². The number of methoxy groups -OCH3 is 2. The number of sulfonamides is 1. The van der Waals surface area contributed by atoms with E-state index in [1.165, 1.54) is 11.3 Å². The van der Waals surface area contributed by atoms with Crippen LogP contribution in [0.3, 0.4) is 0 Å². The van der Waals surface area contributed by atoms with Crippen LogP contribution in [-0.2, 0) is 16.6 Å². The van der Waals surface area contributed by atoms with E-state index < -0.39 is 10.0 Å². The van der Waals surface area contributed by atoms with E-state index in [0.29, 0.717) is 29.5 Å². The molecule has 4 N–H and O–H groups in total. The standard InChI is InChI=1S/C18H26N4O4S2.HI/c1-12-9-17(13(2)27-12)28(23,24)22-8-7-20-18(19)21-11-14-5-6-15(25-3)16(10-14)26-4;/h5-6,9-10,22H,7-8,11H2,1-4H3,(H3,19,20,21);1H. The predicted octanol–water partition coefficient (Wildman–Crippen LogP) is 2.38. The third kappa shape index (κ3) is 7.32. The molecule has 0 radical (unpaired) electrons. The van der Waals surface area contributed by atoms with Crippen LogP contribution in [0.15, 0.2) is 34.2 Å². The molecule has 0 aliphatic carbocycles. The van der Waals surface area contributed by atoms with Crippen molar-refractivity contribution in [2.24, 2.45) is 10.7 Å². The molecule has 0 amide bonds. The first-order valence-electron chi connectivity index (χ1n) is 8.58. The molecule has 29 heavy (non-hydrogen) atoms. The van der Waals surface area contributed by atoms with Gasteiger partial charge in [0, 0.05) is 22.8 Å². The average Bonchev–Trinajstić information content (AvgIpc) is 3.02. The van der Waals surface area contributed by atoms with E-state index in [0.717, 1.165) is 15.3 Å². The van der Waals surface area contributed by atoms with Crippen LogP contribution in [0.1, 0.15) is 15.3 Å². The fourth-order valence-electron chi connectivity index (χ4n) is 2.54. The lowest BCUT2D eigenvalue weighted by Gasteiger charge is -2.10. The van der Waals surface area contributed by atoms with Crippen LogP contribution in [0, 0.1) is 13.8 Å². The number of thiophene rings is 1. The summed E-state index contributed by atoms with van der Waals surface area (Å²) in [6.07, 6.45) is 0. The molecular formula is C18H27IN4O4S2. The molecule has 1 aromatic heterocycles. The number of aliphatic imine (C=N–C) groups is 1. The second kappa shape index (κ2) is 11.6. The number of guanidine groups is 1. The SMILES string of the molecule is COc1ccc(CN=C(N)NCCNS(=O)(=O)c2cc(C)sc2C)cc1OC.I. The number of nitrogens with zero attached hydrogens (tertiary/aromatic N) is 1. The minimum atomic E-state index is -3.52. The van der Waals surface area contributed by atoms with Crippen LogP contribution in [-0.4, -0.2) is 41.7 Å². The van der Waals surface area contributed by atoms with E-state index in [9.17, 15) is 8.42 Å². The molecule has 0 saturated heterocycles. The number of nitrogens with one attached hydrogen (secondary N) is 2. The number of hydrogen-bond donors (Lipinski definition) is 3. The Kier molecular flexibility index (Phi) is 10.2. The number of benzene rings is 1. The van der Waals surface area contributed by atoms with E-state index in [4.69, 9.17) is 15.2 Å². The first-order chi connectivity index (χ1) is 13.3. The van der Waals surface area contributed by atoms with Crippen molar-refractivity contribution in [2.75, 3.05) is 27.3 Å². The van der Waals surface area contributed by atoms with Gasteiger partial charge < -0.3 is 20.5 Å². The van der Waals surface area contributed by atoms with Crippen molar-refractivity contribution in [3.05, 3.63) is 39.6 Å². The summed E-state index contributed by atoms with van der Waals surface area (Å²) in [4.78, 5) is 6.30. The third-order valence-corrected chi connectivity index (χ3v) is 6.57. The molecule has 1 aromatic carbocycles. The Balaban J connectivity index is 0.00000420. The van der Waals surface area contributed by atoms with Gasteiger partial charge in [-0.15, -0.1) is 35.3 Å². The highest BCUT2D eigenvalue weighted by Gasteiger charge is 2.18. The first kappa shape index (κ1) is 25.5. The monoisotopic (exact) mass is 554 g/mol. The molecule has 0 spiro atoms. The van der Waals surface area contributed by atoms with Crippen molar-refractivity contribution < 1.29 is 17.9 Å². The normalized spacial score (nSPS) is 11.7. The molecule has 0 bridgehead atoms. The lowest BCUT2D eigenvalue weighted by atomic mass is 10.2. The zero-order chi connectivity index (χ0) is 20.7. The van der Waals surface area contributed by atoms with Crippen LogP contribution < -0.4 is 25.2 Å². The van der Waals surface area contributed by atoms with Gasteiger partial charge in [-0.2, -0.15) is 0 Å². The molecule has 0 saturated carbocycles. The van der Waals surface area contributed by atoms with Gasteiger partial charge in [0.1, 0.15) is 0 Å². The topological polar surface area (TPSA) is 115 Å².